The fourth-order valence-corrected chi connectivity index (χ4v) is 2.63. The van der Waals surface area contributed by atoms with Crippen molar-refractivity contribution < 1.29 is 23.9 Å². The van der Waals surface area contributed by atoms with Crippen LogP contribution >= 0.6 is 0 Å². The van der Waals surface area contributed by atoms with Crippen molar-refractivity contribution in [1.82, 2.24) is 10.6 Å². The lowest BCUT2D eigenvalue weighted by molar-refractivity contribution is -0.132. The summed E-state index contributed by atoms with van der Waals surface area (Å²) in [6.45, 7) is 4.47. The molecule has 0 saturated carbocycles. The zero-order valence-corrected chi connectivity index (χ0v) is 16.8. The van der Waals surface area contributed by atoms with Gasteiger partial charge in [0.25, 0.3) is 5.91 Å². The van der Waals surface area contributed by atoms with Crippen LogP contribution in [0.1, 0.15) is 37.9 Å². The molecule has 1 unspecified atom stereocenters. The molecule has 0 aliphatic rings. The van der Waals surface area contributed by atoms with E-state index in [0.29, 0.717) is 11.3 Å². The number of rotatable bonds is 7. The molecule has 0 fully saturated rings. The Hall–Kier alpha value is -3.61. The molecule has 0 aliphatic carbocycles. The fourth-order valence-electron chi connectivity index (χ4n) is 2.63. The van der Waals surface area contributed by atoms with Crippen LogP contribution in [-0.4, -0.2) is 24.9 Å². The highest BCUT2D eigenvalue weighted by molar-refractivity contribution is 6.01. The Morgan fingerprint density at radius 1 is 1.00 bits per heavy atom. The van der Waals surface area contributed by atoms with Crippen LogP contribution in [0.4, 0.5) is 0 Å². The molecule has 0 heterocycles. The third-order valence-electron chi connectivity index (χ3n) is 3.95. The molecule has 2 aromatic carbocycles. The zero-order valence-electron chi connectivity index (χ0n) is 16.8. The summed E-state index contributed by atoms with van der Waals surface area (Å²) in [6, 6.07) is 14.1. The average Bonchev–Trinajstić information content (AvgIpc) is 2.68. The van der Waals surface area contributed by atoms with Gasteiger partial charge >= 0.3 is 5.97 Å². The number of nitrogens with one attached hydrogen (secondary N) is 2. The maximum absolute atomic E-state index is 12.7. The molecule has 2 aromatic rings. The molecule has 0 aromatic heterocycles. The average molecular weight is 396 g/mol. The van der Waals surface area contributed by atoms with Gasteiger partial charge in [0.2, 0.25) is 5.91 Å². The number of carbonyl (C=O) groups excluding carboxylic acids is 3. The van der Waals surface area contributed by atoms with Gasteiger partial charge in [0, 0.05) is 13.8 Å². The molecular weight excluding hydrogens is 372 g/mol. The van der Waals surface area contributed by atoms with Gasteiger partial charge in [-0.15, -0.1) is 0 Å². The van der Waals surface area contributed by atoms with Gasteiger partial charge in [-0.05, 0) is 36.3 Å². The van der Waals surface area contributed by atoms with Gasteiger partial charge in [-0.3, -0.25) is 14.4 Å². The SMILES string of the molecule is COc1cc(C=C(NC(C)=O)C(=O)NC(C)c2ccccc2)ccc1OC(C)=O. The normalized spacial score (nSPS) is 11.9. The number of esters is 1. The first-order valence-electron chi connectivity index (χ1n) is 9.01. The summed E-state index contributed by atoms with van der Waals surface area (Å²) < 4.78 is 10.3. The number of carbonyl (C=O) groups is 3. The van der Waals surface area contributed by atoms with Crippen molar-refractivity contribution in [2.24, 2.45) is 0 Å². The standard InChI is InChI=1S/C22H24N2O5/c1-14(18-8-6-5-7-9-18)23-22(27)19(24-15(2)25)12-17-10-11-20(29-16(3)26)21(13-17)28-4/h5-14H,1-4H3,(H,23,27)(H,24,25). The van der Waals surface area contributed by atoms with Gasteiger partial charge in [0.15, 0.2) is 11.5 Å². The van der Waals surface area contributed by atoms with Crippen LogP contribution in [0.25, 0.3) is 6.08 Å². The molecule has 7 nitrogen and oxygen atoms in total. The predicted molar refractivity (Wildman–Crippen MR) is 109 cm³/mol. The summed E-state index contributed by atoms with van der Waals surface area (Å²) in [5.74, 6) is -0.684. The highest BCUT2D eigenvalue weighted by Crippen LogP contribution is 2.29. The van der Waals surface area contributed by atoms with Crippen molar-refractivity contribution in [3.63, 3.8) is 0 Å². The number of amides is 2. The topological polar surface area (TPSA) is 93.7 Å². The Labute approximate surface area is 169 Å². The molecule has 0 radical (unpaired) electrons. The molecule has 2 amide bonds. The van der Waals surface area contributed by atoms with Gasteiger partial charge in [0.05, 0.1) is 13.2 Å². The first-order valence-corrected chi connectivity index (χ1v) is 9.01. The van der Waals surface area contributed by atoms with Gasteiger partial charge in [-0.2, -0.15) is 0 Å². The van der Waals surface area contributed by atoms with Crippen molar-refractivity contribution in [3.05, 3.63) is 65.4 Å². The van der Waals surface area contributed by atoms with Crippen LogP contribution in [0, 0.1) is 0 Å². The van der Waals surface area contributed by atoms with E-state index in [9.17, 15) is 14.4 Å². The van der Waals surface area contributed by atoms with E-state index in [1.165, 1.54) is 27.0 Å². The van der Waals surface area contributed by atoms with Crippen LogP contribution in [0.15, 0.2) is 54.2 Å². The second-order valence-electron chi connectivity index (χ2n) is 6.35. The van der Waals surface area contributed by atoms with Crippen molar-refractivity contribution in [3.8, 4) is 11.5 Å². The number of methoxy groups -OCH3 is 1. The highest BCUT2D eigenvalue weighted by atomic mass is 16.6. The molecule has 0 saturated heterocycles. The minimum absolute atomic E-state index is 0.0857. The Bertz CT molecular complexity index is 922. The molecule has 0 aliphatic heterocycles. The lowest BCUT2D eigenvalue weighted by Crippen LogP contribution is -2.35. The van der Waals surface area contributed by atoms with E-state index in [0.717, 1.165) is 5.56 Å². The van der Waals surface area contributed by atoms with Crippen molar-refractivity contribution in [2.45, 2.75) is 26.8 Å². The van der Waals surface area contributed by atoms with E-state index in [1.54, 1.807) is 18.2 Å². The number of hydrogen-bond donors (Lipinski definition) is 2. The first kappa shape index (κ1) is 21.7. The van der Waals surface area contributed by atoms with E-state index in [2.05, 4.69) is 10.6 Å². The summed E-state index contributed by atoms with van der Waals surface area (Å²) in [7, 11) is 1.44. The summed E-state index contributed by atoms with van der Waals surface area (Å²) in [4.78, 5) is 35.5. The number of benzene rings is 2. The van der Waals surface area contributed by atoms with Gasteiger partial charge in [-0.1, -0.05) is 36.4 Å². The maximum Gasteiger partial charge on any atom is 0.308 e. The van der Waals surface area contributed by atoms with Gasteiger partial charge in [0.1, 0.15) is 5.70 Å². The minimum Gasteiger partial charge on any atom is -0.493 e. The van der Waals surface area contributed by atoms with Gasteiger partial charge in [-0.25, -0.2) is 0 Å². The Kier molecular flexibility index (Phi) is 7.54. The van der Waals surface area contributed by atoms with Crippen LogP contribution in [0.2, 0.25) is 0 Å². The Balaban J connectivity index is 2.28. The monoisotopic (exact) mass is 396 g/mol. The second-order valence-corrected chi connectivity index (χ2v) is 6.35. The summed E-state index contributed by atoms with van der Waals surface area (Å²) >= 11 is 0. The molecule has 2 N–H and O–H groups in total. The van der Waals surface area contributed by atoms with Crippen molar-refractivity contribution in [2.75, 3.05) is 7.11 Å². The molecule has 29 heavy (non-hydrogen) atoms. The lowest BCUT2D eigenvalue weighted by atomic mass is 10.1. The molecule has 0 bridgehead atoms. The molecule has 0 spiro atoms. The smallest absolute Gasteiger partial charge is 0.308 e. The quantitative estimate of drug-likeness (QED) is 0.426. The zero-order chi connectivity index (χ0) is 21.4. The third-order valence-corrected chi connectivity index (χ3v) is 3.95. The van der Waals surface area contributed by atoms with Gasteiger partial charge < -0.3 is 20.1 Å². The van der Waals surface area contributed by atoms with E-state index in [4.69, 9.17) is 9.47 Å². The summed E-state index contributed by atoms with van der Waals surface area (Å²) in [5.41, 5.74) is 1.61. The Morgan fingerprint density at radius 3 is 2.28 bits per heavy atom. The predicted octanol–water partition coefficient (Wildman–Crippen LogP) is 2.97. The summed E-state index contributed by atoms with van der Waals surface area (Å²) in [6.07, 6.45) is 1.52. The largest absolute Gasteiger partial charge is 0.493 e. The highest BCUT2D eigenvalue weighted by Gasteiger charge is 2.16. The second kappa shape index (κ2) is 10.1. The van der Waals surface area contributed by atoms with Crippen LogP contribution in [-0.2, 0) is 14.4 Å². The Morgan fingerprint density at radius 2 is 1.69 bits per heavy atom. The molecule has 152 valence electrons. The molecule has 7 heteroatoms. The number of hydrogen-bond acceptors (Lipinski definition) is 5. The van der Waals surface area contributed by atoms with Crippen LogP contribution in [0.5, 0.6) is 11.5 Å². The minimum atomic E-state index is -0.472. The third kappa shape index (κ3) is 6.49. The maximum atomic E-state index is 12.7. The number of ether oxygens (including phenoxy) is 2. The van der Waals surface area contributed by atoms with Crippen LogP contribution in [0.3, 0.4) is 0 Å². The van der Waals surface area contributed by atoms with E-state index in [1.807, 2.05) is 37.3 Å². The van der Waals surface area contributed by atoms with E-state index < -0.39 is 11.9 Å². The lowest BCUT2D eigenvalue weighted by Gasteiger charge is -2.16. The summed E-state index contributed by atoms with van der Waals surface area (Å²) in [5, 5.41) is 5.42. The van der Waals surface area contributed by atoms with E-state index in [-0.39, 0.29) is 23.4 Å². The van der Waals surface area contributed by atoms with Crippen LogP contribution < -0.4 is 20.1 Å². The molecular formula is C22H24N2O5. The first-order chi connectivity index (χ1) is 13.8. The molecule has 2 rings (SSSR count). The van der Waals surface area contributed by atoms with E-state index >= 15 is 0 Å². The van der Waals surface area contributed by atoms with Crippen molar-refractivity contribution >= 4 is 23.9 Å². The fraction of sp³-hybridized carbons (Fsp3) is 0.227. The van der Waals surface area contributed by atoms with Crippen molar-refractivity contribution in [1.29, 1.82) is 0 Å². The molecule has 1 atom stereocenters.